The Morgan fingerprint density at radius 1 is 0.941 bits per heavy atom. The smallest absolute Gasteiger partial charge is 0.161 e. The number of phenols is 1. The molecule has 0 bridgehead atoms. The molecule has 17 heavy (non-hydrogen) atoms. The molecule has 0 unspecified atom stereocenters. The second-order valence-electron chi connectivity index (χ2n) is 3.57. The van der Waals surface area contributed by atoms with Crippen molar-refractivity contribution in [3.8, 4) is 17.2 Å². The van der Waals surface area contributed by atoms with Crippen molar-refractivity contribution in [3.05, 3.63) is 54.1 Å². The number of methoxy groups -OCH3 is 1. The molecule has 0 aliphatic rings. The Labute approximate surface area is 100 Å². The molecule has 2 aromatic rings. The van der Waals surface area contributed by atoms with Gasteiger partial charge in [-0.1, -0.05) is 30.3 Å². The minimum absolute atomic E-state index is 0.238. The van der Waals surface area contributed by atoms with Gasteiger partial charge in [0.15, 0.2) is 11.5 Å². The predicted molar refractivity (Wildman–Crippen MR) is 65.4 cm³/mol. The average Bonchev–Trinajstić information content (AvgIpc) is 2.38. The first-order valence-corrected chi connectivity index (χ1v) is 5.34. The molecule has 0 aromatic heterocycles. The lowest BCUT2D eigenvalue weighted by Gasteiger charge is -2.10. The molecule has 1 N–H and O–H groups in total. The van der Waals surface area contributed by atoms with Crippen LogP contribution in [-0.2, 0) is 6.61 Å². The number of ether oxygens (including phenoxy) is 2. The number of hydrogen-bond acceptors (Lipinski definition) is 3. The summed E-state index contributed by atoms with van der Waals surface area (Å²) in [5.74, 6) is 1.59. The molecule has 3 nitrogen and oxygen atoms in total. The number of hydrogen-bond donors (Lipinski definition) is 1. The van der Waals surface area contributed by atoms with Gasteiger partial charge in [-0.3, -0.25) is 0 Å². The van der Waals surface area contributed by atoms with Crippen LogP contribution in [0.1, 0.15) is 5.56 Å². The molecule has 88 valence electrons. The van der Waals surface area contributed by atoms with Crippen molar-refractivity contribution < 1.29 is 14.6 Å². The van der Waals surface area contributed by atoms with E-state index < -0.39 is 0 Å². The largest absolute Gasteiger partial charge is 0.508 e. The molecule has 0 heterocycles. The van der Waals surface area contributed by atoms with Gasteiger partial charge in [0.1, 0.15) is 12.4 Å². The fraction of sp³-hybridized carbons (Fsp3) is 0.143. The van der Waals surface area contributed by atoms with Crippen LogP contribution in [0.25, 0.3) is 0 Å². The van der Waals surface area contributed by atoms with Crippen molar-refractivity contribution in [3.63, 3.8) is 0 Å². The summed E-state index contributed by atoms with van der Waals surface area (Å²) < 4.78 is 10.8. The number of benzene rings is 2. The van der Waals surface area contributed by atoms with E-state index >= 15 is 0 Å². The zero-order chi connectivity index (χ0) is 12.1. The van der Waals surface area contributed by atoms with E-state index in [1.54, 1.807) is 19.2 Å². The second-order valence-corrected chi connectivity index (χ2v) is 3.57. The molecule has 0 radical (unpaired) electrons. The summed E-state index contributed by atoms with van der Waals surface area (Å²) >= 11 is 0. The molecular formula is C14H14O3. The summed E-state index contributed by atoms with van der Waals surface area (Å²) in [5.41, 5.74) is 0.749. The fourth-order valence-electron chi connectivity index (χ4n) is 1.53. The van der Waals surface area contributed by atoms with Gasteiger partial charge in [-0.25, -0.2) is 0 Å². The van der Waals surface area contributed by atoms with Gasteiger partial charge < -0.3 is 14.6 Å². The molecule has 0 fully saturated rings. The minimum atomic E-state index is 0.238. The Morgan fingerprint density at radius 3 is 2.29 bits per heavy atom. The Hall–Kier alpha value is -2.16. The van der Waals surface area contributed by atoms with Gasteiger partial charge in [0.25, 0.3) is 0 Å². The second kappa shape index (κ2) is 5.25. The lowest BCUT2D eigenvalue weighted by molar-refractivity contribution is 0.279. The van der Waals surface area contributed by atoms with E-state index in [9.17, 15) is 5.11 Å². The van der Waals surface area contributed by atoms with Gasteiger partial charge in [-0.2, -0.15) is 0 Å². The Morgan fingerprint density at radius 2 is 1.59 bits per heavy atom. The van der Waals surface area contributed by atoms with E-state index in [2.05, 4.69) is 0 Å². The third kappa shape index (κ3) is 2.69. The van der Waals surface area contributed by atoms with E-state index in [0.29, 0.717) is 18.1 Å². The average molecular weight is 230 g/mol. The summed E-state index contributed by atoms with van der Waals surface area (Å²) in [6, 6.07) is 14.5. The first kappa shape index (κ1) is 11.3. The molecule has 0 saturated heterocycles. The third-order valence-corrected chi connectivity index (χ3v) is 2.44. The molecule has 2 rings (SSSR count). The van der Waals surface area contributed by atoms with E-state index in [-0.39, 0.29) is 5.75 Å². The number of rotatable bonds is 4. The zero-order valence-corrected chi connectivity index (χ0v) is 9.59. The molecule has 0 saturated carbocycles. The minimum Gasteiger partial charge on any atom is -0.508 e. The van der Waals surface area contributed by atoms with Crippen LogP contribution in [0, 0.1) is 0 Å². The van der Waals surface area contributed by atoms with Crippen molar-refractivity contribution in [1.29, 1.82) is 0 Å². The monoisotopic (exact) mass is 230 g/mol. The van der Waals surface area contributed by atoms with Crippen molar-refractivity contribution in [2.75, 3.05) is 7.11 Å². The summed E-state index contributed by atoms with van der Waals surface area (Å²) in [4.78, 5) is 0. The third-order valence-electron chi connectivity index (χ3n) is 2.44. The normalized spacial score (nSPS) is 9.94. The van der Waals surface area contributed by atoms with Gasteiger partial charge in [-0.15, -0.1) is 0 Å². The van der Waals surface area contributed by atoms with Gasteiger partial charge in [0.2, 0.25) is 0 Å². The van der Waals surface area contributed by atoms with Gasteiger partial charge >= 0.3 is 0 Å². The van der Waals surface area contributed by atoms with Crippen LogP contribution in [0.15, 0.2) is 48.5 Å². The summed E-state index contributed by atoms with van der Waals surface area (Å²) in [6.45, 7) is 0.313. The standard InChI is InChI=1S/C14H14O3/c1-16-13-8-4-5-9-14(13)17-10-11-6-2-3-7-12(11)15/h2-9,15H,10H2,1H3. The van der Waals surface area contributed by atoms with Crippen LogP contribution in [0.5, 0.6) is 17.2 Å². The Bertz CT molecular complexity index is 494. The maximum Gasteiger partial charge on any atom is 0.161 e. The Balaban J connectivity index is 2.10. The SMILES string of the molecule is COc1ccccc1OCc1ccccc1O. The van der Waals surface area contributed by atoms with E-state index in [0.717, 1.165) is 5.56 Å². The summed E-state index contributed by atoms with van der Waals surface area (Å²) in [6.07, 6.45) is 0. The highest BCUT2D eigenvalue weighted by atomic mass is 16.5. The lowest BCUT2D eigenvalue weighted by Crippen LogP contribution is -1.97. The highest BCUT2D eigenvalue weighted by molar-refractivity contribution is 5.40. The van der Waals surface area contributed by atoms with E-state index in [4.69, 9.17) is 9.47 Å². The van der Waals surface area contributed by atoms with Crippen LogP contribution in [0.4, 0.5) is 0 Å². The predicted octanol–water partition coefficient (Wildman–Crippen LogP) is 2.98. The molecule has 0 spiro atoms. The van der Waals surface area contributed by atoms with Crippen LogP contribution in [0.2, 0.25) is 0 Å². The number of para-hydroxylation sites is 3. The van der Waals surface area contributed by atoms with Gasteiger partial charge in [0.05, 0.1) is 7.11 Å². The highest BCUT2D eigenvalue weighted by Gasteiger charge is 2.04. The molecule has 3 heteroatoms. The quantitative estimate of drug-likeness (QED) is 0.877. The van der Waals surface area contributed by atoms with Gasteiger partial charge in [-0.05, 0) is 18.2 Å². The molecular weight excluding hydrogens is 216 g/mol. The highest BCUT2D eigenvalue weighted by Crippen LogP contribution is 2.27. The van der Waals surface area contributed by atoms with E-state index in [1.165, 1.54) is 0 Å². The van der Waals surface area contributed by atoms with Crippen LogP contribution < -0.4 is 9.47 Å². The van der Waals surface area contributed by atoms with Crippen LogP contribution in [-0.4, -0.2) is 12.2 Å². The summed E-state index contributed by atoms with van der Waals surface area (Å²) in [7, 11) is 1.60. The van der Waals surface area contributed by atoms with E-state index in [1.807, 2.05) is 36.4 Å². The first-order chi connectivity index (χ1) is 8.31. The molecule has 0 amide bonds. The summed E-state index contributed by atoms with van der Waals surface area (Å²) in [5, 5.41) is 9.60. The first-order valence-electron chi connectivity index (χ1n) is 5.34. The van der Waals surface area contributed by atoms with Crippen molar-refractivity contribution in [2.45, 2.75) is 6.61 Å². The van der Waals surface area contributed by atoms with Gasteiger partial charge in [0, 0.05) is 5.56 Å². The van der Waals surface area contributed by atoms with Crippen LogP contribution in [0.3, 0.4) is 0 Å². The number of aromatic hydroxyl groups is 1. The van der Waals surface area contributed by atoms with Crippen LogP contribution >= 0.6 is 0 Å². The Kier molecular flexibility index (Phi) is 3.50. The maximum atomic E-state index is 9.60. The van der Waals surface area contributed by atoms with Crippen molar-refractivity contribution in [2.24, 2.45) is 0 Å². The lowest BCUT2D eigenvalue weighted by atomic mass is 10.2. The molecule has 0 aliphatic heterocycles. The van der Waals surface area contributed by atoms with Crippen molar-refractivity contribution >= 4 is 0 Å². The zero-order valence-electron chi connectivity index (χ0n) is 9.59. The maximum absolute atomic E-state index is 9.60. The fourth-order valence-corrected chi connectivity index (χ4v) is 1.53. The van der Waals surface area contributed by atoms with Crippen molar-refractivity contribution in [1.82, 2.24) is 0 Å². The topological polar surface area (TPSA) is 38.7 Å². The molecule has 0 aliphatic carbocycles. The number of phenolic OH excluding ortho intramolecular Hbond substituents is 1. The molecule has 0 atom stereocenters. The molecule has 2 aromatic carbocycles.